The largest absolute Gasteiger partial charge is 0.478 e. The summed E-state index contributed by atoms with van der Waals surface area (Å²) >= 11 is 0. The Morgan fingerprint density at radius 3 is 2.57 bits per heavy atom. The van der Waals surface area contributed by atoms with Crippen LogP contribution in [-0.4, -0.2) is 51.2 Å². The van der Waals surface area contributed by atoms with Gasteiger partial charge in [0.1, 0.15) is 5.52 Å². The van der Waals surface area contributed by atoms with Crippen LogP contribution in [-0.2, 0) is 0 Å². The molecule has 28 heavy (non-hydrogen) atoms. The Morgan fingerprint density at radius 2 is 1.82 bits per heavy atom. The minimum atomic E-state index is -0.960. The first kappa shape index (κ1) is 17.1. The monoisotopic (exact) mass is 378 g/mol. The molecule has 3 aromatic rings. The van der Waals surface area contributed by atoms with Crippen LogP contribution in [0.3, 0.4) is 0 Å². The zero-order chi connectivity index (χ0) is 19.1. The van der Waals surface area contributed by atoms with Gasteiger partial charge in [0.2, 0.25) is 5.95 Å². The second-order valence-electron chi connectivity index (χ2n) is 7.54. The average Bonchev–Trinajstić information content (AvgIpc) is 3.52. The van der Waals surface area contributed by atoms with Crippen LogP contribution in [0.25, 0.3) is 21.8 Å². The minimum Gasteiger partial charge on any atom is -0.478 e. The molecule has 1 saturated carbocycles. The highest BCUT2D eigenvalue weighted by molar-refractivity contribution is 6.09. The molecule has 0 atom stereocenters. The molecule has 0 spiro atoms. The molecule has 1 aromatic carbocycles. The Morgan fingerprint density at radius 1 is 1.04 bits per heavy atom. The number of aromatic nitrogens is 3. The van der Waals surface area contributed by atoms with Gasteiger partial charge in [-0.15, -0.1) is 0 Å². The Labute approximate surface area is 161 Å². The quantitative estimate of drug-likeness (QED) is 0.501. The van der Waals surface area contributed by atoms with E-state index in [0.717, 1.165) is 55.1 Å². The van der Waals surface area contributed by atoms with E-state index in [4.69, 9.17) is 9.97 Å². The van der Waals surface area contributed by atoms with Gasteiger partial charge in [-0.3, -0.25) is 0 Å². The van der Waals surface area contributed by atoms with E-state index in [9.17, 15) is 9.90 Å². The number of pyridine rings is 1. The Balaban J connectivity index is 1.60. The normalized spacial score (nSPS) is 17.7. The van der Waals surface area contributed by atoms with Crippen molar-refractivity contribution in [1.82, 2.24) is 20.3 Å². The third-order valence-corrected chi connectivity index (χ3v) is 5.37. The van der Waals surface area contributed by atoms with E-state index in [1.165, 1.54) is 0 Å². The van der Waals surface area contributed by atoms with E-state index in [0.29, 0.717) is 29.4 Å². The van der Waals surface area contributed by atoms with E-state index >= 15 is 0 Å². The molecule has 144 valence electrons. The zero-order valence-corrected chi connectivity index (χ0v) is 15.4. The molecule has 8 heteroatoms. The molecule has 8 nitrogen and oxygen atoms in total. The predicted molar refractivity (Wildman–Crippen MR) is 108 cm³/mol. The SMILES string of the molecule is O=C(O)c1ccc2c(c1)nc(NC1CC1)c1nc(NC3CCNCC3)ncc12. The van der Waals surface area contributed by atoms with Crippen LogP contribution >= 0.6 is 0 Å². The molecule has 0 unspecified atom stereocenters. The molecule has 1 aliphatic carbocycles. The van der Waals surface area contributed by atoms with Crippen molar-refractivity contribution in [2.75, 3.05) is 23.7 Å². The number of anilines is 2. The molecule has 1 saturated heterocycles. The van der Waals surface area contributed by atoms with Crippen molar-refractivity contribution in [3.8, 4) is 0 Å². The third kappa shape index (κ3) is 3.31. The maximum Gasteiger partial charge on any atom is 0.335 e. The van der Waals surface area contributed by atoms with E-state index < -0.39 is 5.97 Å². The topological polar surface area (TPSA) is 112 Å². The van der Waals surface area contributed by atoms with E-state index in [1.807, 2.05) is 6.20 Å². The number of nitrogens with one attached hydrogen (secondary N) is 3. The number of carboxylic acid groups (broad SMARTS) is 1. The molecule has 2 aromatic heterocycles. The van der Waals surface area contributed by atoms with Gasteiger partial charge in [-0.1, -0.05) is 6.07 Å². The number of nitrogens with zero attached hydrogens (tertiary/aromatic N) is 3. The second-order valence-corrected chi connectivity index (χ2v) is 7.54. The number of piperidine rings is 1. The van der Waals surface area contributed by atoms with Gasteiger partial charge >= 0.3 is 5.97 Å². The van der Waals surface area contributed by atoms with Crippen LogP contribution in [0.15, 0.2) is 24.4 Å². The summed E-state index contributed by atoms with van der Waals surface area (Å²) in [6.45, 7) is 2.00. The maximum absolute atomic E-state index is 11.3. The molecule has 2 aliphatic rings. The van der Waals surface area contributed by atoms with Crippen LogP contribution in [0.2, 0.25) is 0 Å². The van der Waals surface area contributed by atoms with Crippen LogP contribution in [0.4, 0.5) is 11.8 Å². The molecule has 2 fully saturated rings. The average molecular weight is 378 g/mol. The Bertz CT molecular complexity index is 1060. The lowest BCUT2D eigenvalue weighted by Crippen LogP contribution is -2.35. The number of aromatic carboxylic acids is 1. The third-order valence-electron chi connectivity index (χ3n) is 5.37. The van der Waals surface area contributed by atoms with Crippen LogP contribution in [0.1, 0.15) is 36.0 Å². The first-order valence-corrected chi connectivity index (χ1v) is 9.75. The fourth-order valence-corrected chi connectivity index (χ4v) is 3.66. The van der Waals surface area contributed by atoms with Gasteiger partial charge < -0.3 is 21.1 Å². The van der Waals surface area contributed by atoms with Gasteiger partial charge in [0.15, 0.2) is 5.82 Å². The first-order chi connectivity index (χ1) is 13.7. The van der Waals surface area contributed by atoms with Crippen LogP contribution < -0.4 is 16.0 Å². The first-order valence-electron chi connectivity index (χ1n) is 9.75. The van der Waals surface area contributed by atoms with E-state index in [-0.39, 0.29) is 5.56 Å². The smallest absolute Gasteiger partial charge is 0.335 e. The highest BCUT2D eigenvalue weighted by Gasteiger charge is 2.24. The standard InChI is InChI=1S/C20H22N6O2/c27-19(28)11-1-4-14-15-10-22-20(24-13-5-7-21-8-6-13)26-17(15)18(23-12-2-3-12)25-16(14)9-11/h1,4,9-10,12-13,21H,2-3,5-8H2,(H,23,25)(H,27,28)(H,22,24,26). The molecular weight excluding hydrogens is 356 g/mol. The lowest BCUT2D eigenvalue weighted by Gasteiger charge is -2.23. The van der Waals surface area contributed by atoms with E-state index in [1.54, 1.807) is 18.2 Å². The predicted octanol–water partition coefficient (Wildman–Crippen LogP) is 2.61. The summed E-state index contributed by atoms with van der Waals surface area (Å²) < 4.78 is 0. The van der Waals surface area contributed by atoms with Crippen molar-refractivity contribution in [2.45, 2.75) is 37.8 Å². The number of hydrogen-bond acceptors (Lipinski definition) is 7. The van der Waals surface area contributed by atoms with Gasteiger partial charge in [-0.2, -0.15) is 0 Å². The molecule has 3 heterocycles. The number of fused-ring (bicyclic) bond motifs is 3. The van der Waals surface area contributed by atoms with Crippen molar-refractivity contribution in [1.29, 1.82) is 0 Å². The van der Waals surface area contributed by atoms with Crippen molar-refractivity contribution in [2.24, 2.45) is 0 Å². The highest BCUT2D eigenvalue weighted by atomic mass is 16.4. The van der Waals surface area contributed by atoms with Crippen molar-refractivity contribution >= 4 is 39.5 Å². The van der Waals surface area contributed by atoms with Gasteiger partial charge in [0, 0.05) is 29.1 Å². The Hall–Kier alpha value is -3.00. The molecular formula is C20H22N6O2. The van der Waals surface area contributed by atoms with Gasteiger partial charge in [-0.25, -0.2) is 19.7 Å². The number of rotatable bonds is 5. The van der Waals surface area contributed by atoms with Crippen LogP contribution in [0.5, 0.6) is 0 Å². The molecule has 0 bridgehead atoms. The van der Waals surface area contributed by atoms with Crippen molar-refractivity contribution < 1.29 is 9.90 Å². The van der Waals surface area contributed by atoms with Gasteiger partial charge in [-0.05, 0) is 50.9 Å². The lowest BCUT2D eigenvalue weighted by molar-refractivity contribution is 0.0697. The summed E-state index contributed by atoms with van der Waals surface area (Å²) in [5.41, 5.74) is 1.63. The second kappa shape index (κ2) is 6.87. The molecule has 1 aliphatic heterocycles. The number of carbonyl (C=O) groups is 1. The van der Waals surface area contributed by atoms with E-state index in [2.05, 4.69) is 20.9 Å². The molecule has 5 rings (SSSR count). The summed E-state index contributed by atoms with van der Waals surface area (Å²) in [5, 5.41) is 21.3. The number of benzene rings is 1. The van der Waals surface area contributed by atoms with Gasteiger partial charge in [0.05, 0.1) is 11.1 Å². The number of hydrogen-bond donors (Lipinski definition) is 4. The summed E-state index contributed by atoms with van der Waals surface area (Å²) in [4.78, 5) is 25.3. The molecule has 4 N–H and O–H groups in total. The zero-order valence-electron chi connectivity index (χ0n) is 15.4. The van der Waals surface area contributed by atoms with Crippen LogP contribution in [0, 0.1) is 0 Å². The summed E-state index contributed by atoms with van der Waals surface area (Å²) in [5.74, 6) is 0.350. The number of carboxylic acids is 1. The molecule has 0 amide bonds. The fraction of sp³-hybridized carbons (Fsp3) is 0.400. The molecule has 0 radical (unpaired) electrons. The fourth-order valence-electron chi connectivity index (χ4n) is 3.66. The highest BCUT2D eigenvalue weighted by Crippen LogP contribution is 2.32. The summed E-state index contributed by atoms with van der Waals surface area (Å²) in [6, 6.07) is 5.77. The summed E-state index contributed by atoms with van der Waals surface area (Å²) in [7, 11) is 0. The lowest BCUT2D eigenvalue weighted by atomic mass is 10.1. The van der Waals surface area contributed by atoms with Crippen molar-refractivity contribution in [3.63, 3.8) is 0 Å². The summed E-state index contributed by atoms with van der Waals surface area (Å²) in [6.07, 6.45) is 6.13. The maximum atomic E-state index is 11.3. The minimum absolute atomic E-state index is 0.224. The van der Waals surface area contributed by atoms with Crippen molar-refractivity contribution in [3.05, 3.63) is 30.0 Å². The van der Waals surface area contributed by atoms with Gasteiger partial charge in [0.25, 0.3) is 0 Å². The Kier molecular flexibility index (Phi) is 4.20.